The summed E-state index contributed by atoms with van der Waals surface area (Å²) in [5.74, 6) is 1.62. The van der Waals surface area contributed by atoms with Gasteiger partial charge in [0.15, 0.2) is 23.0 Å². The van der Waals surface area contributed by atoms with Gasteiger partial charge in [-0.3, -0.25) is 0 Å². The molecule has 30 heavy (non-hydrogen) atoms. The fourth-order valence-corrected chi connectivity index (χ4v) is 3.58. The van der Waals surface area contributed by atoms with Gasteiger partial charge in [0.2, 0.25) is 6.79 Å². The van der Waals surface area contributed by atoms with Crippen molar-refractivity contribution in [3.05, 3.63) is 47.0 Å². The Labute approximate surface area is 173 Å². The van der Waals surface area contributed by atoms with Crippen molar-refractivity contribution in [3.8, 4) is 28.7 Å². The van der Waals surface area contributed by atoms with Gasteiger partial charge in [-0.1, -0.05) is 6.07 Å². The average Bonchev–Trinajstić information content (AvgIpc) is 3.39. The van der Waals surface area contributed by atoms with Crippen molar-refractivity contribution in [2.45, 2.75) is 6.10 Å². The third-order valence-corrected chi connectivity index (χ3v) is 5.20. The lowest BCUT2D eigenvalue weighted by atomic mass is 9.89. The van der Waals surface area contributed by atoms with Crippen LogP contribution in [0.5, 0.6) is 28.7 Å². The zero-order valence-corrected chi connectivity index (χ0v) is 16.8. The van der Waals surface area contributed by atoms with Crippen LogP contribution in [0.15, 0.2) is 35.9 Å². The van der Waals surface area contributed by atoms with Crippen LogP contribution in [-0.2, 0) is 9.53 Å². The summed E-state index contributed by atoms with van der Waals surface area (Å²) >= 11 is 0. The second-order valence-corrected chi connectivity index (χ2v) is 6.81. The molecule has 2 aliphatic heterocycles. The Morgan fingerprint density at radius 2 is 1.67 bits per heavy atom. The van der Waals surface area contributed by atoms with Crippen LogP contribution in [0.3, 0.4) is 0 Å². The van der Waals surface area contributed by atoms with Crippen molar-refractivity contribution in [2.24, 2.45) is 5.92 Å². The van der Waals surface area contributed by atoms with Crippen molar-refractivity contribution in [1.29, 1.82) is 0 Å². The van der Waals surface area contributed by atoms with E-state index in [0.717, 1.165) is 0 Å². The SMILES string of the molecule is COc1cc(OC)c(OC)cc1/C=C1/C(=O)OCC1C(O)c1ccc2c(c1)OCO2. The molecule has 0 amide bonds. The molecule has 2 aromatic carbocycles. The number of fused-ring (bicyclic) bond motifs is 1. The molecule has 0 radical (unpaired) electrons. The first-order valence-electron chi connectivity index (χ1n) is 9.32. The first-order valence-corrected chi connectivity index (χ1v) is 9.32. The van der Waals surface area contributed by atoms with E-state index >= 15 is 0 Å². The number of methoxy groups -OCH3 is 3. The minimum absolute atomic E-state index is 0.0654. The monoisotopic (exact) mass is 414 g/mol. The van der Waals surface area contributed by atoms with Crippen molar-refractivity contribution in [2.75, 3.05) is 34.7 Å². The maximum absolute atomic E-state index is 12.4. The fraction of sp³-hybridized carbons (Fsp3) is 0.318. The molecule has 158 valence electrons. The van der Waals surface area contributed by atoms with E-state index in [2.05, 4.69) is 0 Å². The largest absolute Gasteiger partial charge is 0.496 e. The van der Waals surface area contributed by atoms with E-state index < -0.39 is 18.0 Å². The van der Waals surface area contributed by atoms with Crippen molar-refractivity contribution in [3.63, 3.8) is 0 Å². The van der Waals surface area contributed by atoms with Crippen LogP contribution in [-0.4, -0.2) is 45.8 Å². The number of carbonyl (C=O) groups is 1. The zero-order chi connectivity index (χ0) is 21.3. The molecule has 2 aliphatic rings. The molecule has 2 unspecified atom stereocenters. The molecule has 1 fully saturated rings. The van der Waals surface area contributed by atoms with Crippen LogP contribution in [0.25, 0.3) is 6.08 Å². The van der Waals surface area contributed by atoms with E-state index in [9.17, 15) is 9.90 Å². The molecule has 0 bridgehead atoms. The molecule has 8 heteroatoms. The maximum atomic E-state index is 12.4. The number of carbonyl (C=O) groups excluding carboxylic acids is 1. The van der Waals surface area contributed by atoms with Gasteiger partial charge in [-0.25, -0.2) is 4.79 Å². The molecule has 0 aliphatic carbocycles. The smallest absolute Gasteiger partial charge is 0.334 e. The molecule has 2 atom stereocenters. The normalized spacial score (nSPS) is 19.5. The van der Waals surface area contributed by atoms with E-state index in [1.54, 1.807) is 36.4 Å². The third kappa shape index (κ3) is 3.50. The van der Waals surface area contributed by atoms with Gasteiger partial charge in [0.25, 0.3) is 0 Å². The van der Waals surface area contributed by atoms with E-state index in [4.69, 9.17) is 28.4 Å². The number of aliphatic hydroxyl groups excluding tert-OH is 1. The molecule has 0 saturated carbocycles. The summed E-state index contributed by atoms with van der Waals surface area (Å²) in [5.41, 5.74) is 1.55. The van der Waals surface area contributed by atoms with E-state index in [1.165, 1.54) is 21.3 Å². The summed E-state index contributed by atoms with van der Waals surface area (Å²) in [6.45, 7) is 0.208. The molecule has 1 N–H and O–H groups in total. The Morgan fingerprint density at radius 3 is 2.40 bits per heavy atom. The van der Waals surface area contributed by atoms with Crippen LogP contribution < -0.4 is 23.7 Å². The maximum Gasteiger partial charge on any atom is 0.334 e. The average molecular weight is 414 g/mol. The Hall–Kier alpha value is -3.39. The molecular weight excluding hydrogens is 392 g/mol. The van der Waals surface area contributed by atoms with Crippen LogP contribution in [0.4, 0.5) is 0 Å². The van der Waals surface area contributed by atoms with Crippen molar-refractivity contribution >= 4 is 12.0 Å². The number of hydrogen-bond donors (Lipinski definition) is 1. The Morgan fingerprint density at radius 1 is 0.967 bits per heavy atom. The molecule has 0 spiro atoms. The second kappa shape index (κ2) is 8.16. The molecule has 0 aromatic heterocycles. The van der Waals surface area contributed by atoms with Gasteiger partial charge < -0.3 is 33.5 Å². The number of ether oxygens (including phenoxy) is 6. The lowest BCUT2D eigenvalue weighted by Crippen LogP contribution is -2.15. The summed E-state index contributed by atoms with van der Waals surface area (Å²) in [6, 6.07) is 8.58. The number of rotatable bonds is 6. The predicted molar refractivity (Wildman–Crippen MR) is 106 cm³/mol. The van der Waals surface area contributed by atoms with Gasteiger partial charge >= 0.3 is 5.97 Å². The summed E-state index contributed by atoms with van der Waals surface area (Å²) in [4.78, 5) is 12.4. The minimum atomic E-state index is -0.969. The van der Waals surface area contributed by atoms with Gasteiger partial charge in [-0.2, -0.15) is 0 Å². The van der Waals surface area contributed by atoms with E-state index in [-0.39, 0.29) is 13.4 Å². The molecule has 8 nitrogen and oxygen atoms in total. The van der Waals surface area contributed by atoms with Gasteiger partial charge in [0.1, 0.15) is 12.4 Å². The summed E-state index contributed by atoms with van der Waals surface area (Å²) < 4.78 is 32.0. The summed E-state index contributed by atoms with van der Waals surface area (Å²) in [5, 5.41) is 11.0. The standard InChI is InChI=1S/C22H22O8/c1-25-17-9-19(27-3)18(26-2)8-13(17)6-14-15(10-28-22(14)24)21(23)12-4-5-16-20(7-12)30-11-29-16/h4-9,15,21,23H,10-11H2,1-3H3/b14-6+. The first-order chi connectivity index (χ1) is 14.5. The van der Waals surface area contributed by atoms with Gasteiger partial charge in [0, 0.05) is 17.2 Å². The van der Waals surface area contributed by atoms with Gasteiger partial charge in [0.05, 0.1) is 33.4 Å². The molecule has 4 rings (SSSR count). The number of esters is 1. The molecular formula is C22H22O8. The van der Waals surface area contributed by atoms with Gasteiger partial charge in [-0.15, -0.1) is 0 Å². The highest BCUT2D eigenvalue weighted by Gasteiger charge is 2.37. The fourth-order valence-electron chi connectivity index (χ4n) is 3.58. The highest BCUT2D eigenvalue weighted by Crippen LogP contribution is 2.41. The summed E-state index contributed by atoms with van der Waals surface area (Å²) in [7, 11) is 4.58. The molecule has 1 saturated heterocycles. The lowest BCUT2D eigenvalue weighted by Gasteiger charge is -2.18. The van der Waals surface area contributed by atoms with Gasteiger partial charge in [-0.05, 0) is 29.8 Å². The Bertz CT molecular complexity index is 997. The number of benzene rings is 2. The highest BCUT2D eigenvalue weighted by atomic mass is 16.7. The van der Waals surface area contributed by atoms with Crippen molar-refractivity contribution in [1.82, 2.24) is 0 Å². The first kappa shape index (κ1) is 19.9. The second-order valence-electron chi connectivity index (χ2n) is 6.81. The van der Waals surface area contributed by atoms with Crippen LogP contribution >= 0.6 is 0 Å². The Balaban J connectivity index is 1.70. The summed E-state index contributed by atoms with van der Waals surface area (Å²) in [6.07, 6.45) is 0.681. The topological polar surface area (TPSA) is 92.7 Å². The van der Waals surface area contributed by atoms with E-state index in [0.29, 0.717) is 45.4 Å². The van der Waals surface area contributed by atoms with E-state index in [1.807, 2.05) is 0 Å². The highest BCUT2D eigenvalue weighted by molar-refractivity contribution is 5.96. The van der Waals surface area contributed by atoms with Crippen molar-refractivity contribution < 1.29 is 38.3 Å². The lowest BCUT2D eigenvalue weighted by molar-refractivity contribution is -0.135. The van der Waals surface area contributed by atoms with Crippen LogP contribution in [0.1, 0.15) is 17.2 Å². The minimum Gasteiger partial charge on any atom is -0.496 e. The van der Waals surface area contributed by atoms with Crippen LogP contribution in [0.2, 0.25) is 0 Å². The molecule has 2 heterocycles. The zero-order valence-electron chi connectivity index (χ0n) is 16.8. The molecule has 2 aromatic rings. The Kier molecular flexibility index (Phi) is 5.41. The van der Waals surface area contributed by atoms with Crippen LogP contribution in [0, 0.1) is 5.92 Å². The number of cyclic esters (lactones) is 1. The number of aliphatic hydroxyl groups is 1. The predicted octanol–water partition coefficient (Wildman–Crippen LogP) is 2.73. The third-order valence-electron chi connectivity index (χ3n) is 5.20. The quantitative estimate of drug-likeness (QED) is 0.570. The number of hydrogen-bond acceptors (Lipinski definition) is 8.